The molecule has 2 rings (SSSR count). The predicted octanol–water partition coefficient (Wildman–Crippen LogP) is 1.28. The SMILES string of the molecule is O=C(Nc1ncc[nH]1)c1cc(O)ccc1[N+](=O)[O-]. The van der Waals surface area contributed by atoms with Gasteiger partial charge in [0.2, 0.25) is 5.95 Å². The van der Waals surface area contributed by atoms with Crippen LogP contribution in [-0.4, -0.2) is 25.9 Å². The number of aromatic amines is 1. The monoisotopic (exact) mass is 248 g/mol. The minimum absolute atomic E-state index is 0.164. The standard InChI is InChI=1S/C10H8N4O4/c15-6-1-2-8(14(17)18)7(5-6)9(16)13-10-11-3-4-12-10/h1-5,15H,(H2,11,12,13,16). The van der Waals surface area contributed by atoms with Gasteiger partial charge in [0.15, 0.2) is 0 Å². The Labute approximate surface area is 100 Å². The van der Waals surface area contributed by atoms with E-state index in [1.54, 1.807) is 0 Å². The molecule has 92 valence electrons. The van der Waals surface area contributed by atoms with Crippen molar-refractivity contribution < 1.29 is 14.8 Å². The molecule has 18 heavy (non-hydrogen) atoms. The fraction of sp³-hybridized carbons (Fsp3) is 0. The molecule has 1 heterocycles. The summed E-state index contributed by atoms with van der Waals surface area (Å²) in [6.07, 6.45) is 2.92. The summed E-state index contributed by atoms with van der Waals surface area (Å²) in [6, 6.07) is 3.23. The van der Waals surface area contributed by atoms with Gasteiger partial charge in [0.25, 0.3) is 11.6 Å². The Bertz CT molecular complexity index is 594. The molecule has 0 aliphatic heterocycles. The molecule has 0 saturated carbocycles. The fourth-order valence-electron chi connectivity index (χ4n) is 1.37. The van der Waals surface area contributed by atoms with Gasteiger partial charge in [0.05, 0.1) is 4.92 Å². The molecule has 3 N–H and O–H groups in total. The van der Waals surface area contributed by atoms with Crippen LogP contribution in [-0.2, 0) is 0 Å². The second-order valence-corrected chi connectivity index (χ2v) is 3.35. The lowest BCUT2D eigenvalue weighted by Crippen LogP contribution is -2.14. The highest BCUT2D eigenvalue weighted by Crippen LogP contribution is 2.23. The molecule has 0 atom stereocenters. The smallest absolute Gasteiger partial charge is 0.282 e. The topological polar surface area (TPSA) is 121 Å². The number of hydrogen-bond donors (Lipinski definition) is 3. The Morgan fingerprint density at radius 2 is 2.28 bits per heavy atom. The number of amides is 1. The molecule has 0 aliphatic rings. The lowest BCUT2D eigenvalue weighted by molar-refractivity contribution is -0.385. The first kappa shape index (κ1) is 11.6. The molecule has 0 unspecified atom stereocenters. The minimum Gasteiger partial charge on any atom is -0.508 e. The van der Waals surface area contributed by atoms with Gasteiger partial charge in [-0.25, -0.2) is 4.98 Å². The number of carbonyl (C=O) groups excluding carboxylic acids is 1. The number of benzene rings is 1. The molecule has 0 radical (unpaired) electrons. The second kappa shape index (κ2) is 4.53. The summed E-state index contributed by atoms with van der Waals surface area (Å²) in [7, 11) is 0. The van der Waals surface area contributed by atoms with Crippen molar-refractivity contribution in [2.45, 2.75) is 0 Å². The van der Waals surface area contributed by atoms with Gasteiger partial charge in [-0.05, 0) is 12.1 Å². The summed E-state index contributed by atoms with van der Waals surface area (Å²) >= 11 is 0. The Hall–Kier alpha value is -2.90. The number of aromatic nitrogens is 2. The lowest BCUT2D eigenvalue weighted by Gasteiger charge is -2.03. The Balaban J connectivity index is 2.34. The van der Waals surface area contributed by atoms with Crippen LogP contribution in [0.3, 0.4) is 0 Å². The number of imidazole rings is 1. The average molecular weight is 248 g/mol. The number of hydrogen-bond acceptors (Lipinski definition) is 5. The van der Waals surface area contributed by atoms with Gasteiger partial charge in [0.1, 0.15) is 11.3 Å². The maximum atomic E-state index is 11.8. The normalized spacial score (nSPS) is 10.0. The number of phenols is 1. The third kappa shape index (κ3) is 2.26. The lowest BCUT2D eigenvalue weighted by atomic mass is 10.1. The van der Waals surface area contributed by atoms with Crippen LogP contribution < -0.4 is 5.32 Å². The van der Waals surface area contributed by atoms with Crippen molar-refractivity contribution in [1.29, 1.82) is 0 Å². The summed E-state index contributed by atoms with van der Waals surface area (Å²) < 4.78 is 0. The van der Waals surface area contributed by atoms with Crippen molar-refractivity contribution in [2.24, 2.45) is 0 Å². The van der Waals surface area contributed by atoms with Gasteiger partial charge in [-0.1, -0.05) is 0 Å². The number of anilines is 1. The minimum atomic E-state index is -0.729. The van der Waals surface area contributed by atoms with Gasteiger partial charge in [0, 0.05) is 18.5 Å². The van der Waals surface area contributed by atoms with Crippen LogP contribution in [0.5, 0.6) is 5.75 Å². The fourth-order valence-corrected chi connectivity index (χ4v) is 1.37. The number of nitrogens with one attached hydrogen (secondary N) is 2. The van der Waals surface area contributed by atoms with Crippen molar-refractivity contribution in [2.75, 3.05) is 5.32 Å². The molecule has 1 aromatic heterocycles. The van der Waals surface area contributed by atoms with E-state index in [2.05, 4.69) is 15.3 Å². The number of nitro groups is 1. The van der Waals surface area contributed by atoms with Crippen molar-refractivity contribution >= 4 is 17.5 Å². The Kier molecular flexibility index (Phi) is 2.92. The molecule has 0 saturated heterocycles. The molecule has 0 spiro atoms. The van der Waals surface area contributed by atoms with E-state index in [1.807, 2.05) is 0 Å². The predicted molar refractivity (Wildman–Crippen MR) is 61.3 cm³/mol. The molecule has 0 aliphatic carbocycles. The summed E-state index contributed by atoms with van der Waals surface area (Å²) in [6.45, 7) is 0. The van der Waals surface area contributed by atoms with E-state index in [0.29, 0.717) is 0 Å². The highest BCUT2D eigenvalue weighted by Gasteiger charge is 2.21. The Morgan fingerprint density at radius 1 is 1.50 bits per heavy atom. The Morgan fingerprint density at radius 3 is 2.89 bits per heavy atom. The molecule has 8 heteroatoms. The van der Waals surface area contributed by atoms with Gasteiger partial charge in [-0.15, -0.1) is 0 Å². The summed E-state index contributed by atoms with van der Waals surface area (Å²) in [5.74, 6) is -0.796. The van der Waals surface area contributed by atoms with Gasteiger partial charge in [-0.3, -0.25) is 20.2 Å². The van der Waals surface area contributed by atoms with Crippen LogP contribution >= 0.6 is 0 Å². The zero-order chi connectivity index (χ0) is 13.1. The highest BCUT2D eigenvalue weighted by molar-refractivity contribution is 6.06. The van der Waals surface area contributed by atoms with Crippen LogP contribution in [0.25, 0.3) is 0 Å². The maximum Gasteiger partial charge on any atom is 0.282 e. The third-order valence-electron chi connectivity index (χ3n) is 2.15. The zero-order valence-electron chi connectivity index (χ0n) is 8.95. The van der Waals surface area contributed by atoms with Gasteiger partial charge in [-0.2, -0.15) is 0 Å². The molecule has 1 amide bonds. The number of nitrogens with zero attached hydrogens (tertiary/aromatic N) is 2. The highest BCUT2D eigenvalue weighted by atomic mass is 16.6. The quantitative estimate of drug-likeness (QED) is 0.557. The molecule has 0 bridgehead atoms. The number of aromatic hydroxyl groups is 1. The van der Waals surface area contributed by atoms with Crippen molar-refractivity contribution in [1.82, 2.24) is 9.97 Å². The van der Waals surface area contributed by atoms with E-state index in [0.717, 1.165) is 18.2 Å². The molecular formula is C10H8N4O4. The van der Waals surface area contributed by atoms with Gasteiger partial charge < -0.3 is 10.1 Å². The third-order valence-corrected chi connectivity index (χ3v) is 2.15. The molecule has 8 nitrogen and oxygen atoms in total. The molecule has 0 fully saturated rings. The first-order valence-electron chi connectivity index (χ1n) is 4.86. The molecule has 1 aromatic carbocycles. The van der Waals surface area contributed by atoms with Crippen molar-refractivity contribution in [3.05, 3.63) is 46.3 Å². The van der Waals surface area contributed by atoms with Crippen molar-refractivity contribution in [3.63, 3.8) is 0 Å². The van der Waals surface area contributed by atoms with E-state index < -0.39 is 16.5 Å². The van der Waals surface area contributed by atoms with E-state index >= 15 is 0 Å². The van der Waals surface area contributed by atoms with E-state index in [9.17, 15) is 20.0 Å². The first-order chi connectivity index (χ1) is 8.58. The summed E-state index contributed by atoms with van der Waals surface area (Å²) in [5.41, 5.74) is -0.631. The summed E-state index contributed by atoms with van der Waals surface area (Å²) in [4.78, 5) is 28.2. The zero-order valence-corrected chi connectivity index (χ0v) is 8.95. The number of carbonyl (C=O) groups is 1. The summed E-state index contributed by atoms with van der Waals surface area (Å²) in [5, 5.41) is 22.4. The molecular weight excluding hydrogens is 240 g/mol. The van der Waals surface area contributed by atoms with Crippen LogP contribution in [0.1, 0.15) is 10.4 Å². The van der Waals surface area contributed by atoms with E-state index in [-0.39, 0.29) is 17.3 Å². The van der Waals surface area contributed by atoms with E-state index in [1.165, 1.54) is 12.4 Å². The first-order valence-corrected chi connectivity index (χ1v) is 4.86. The number of H-pyrrole nitrogens is 1. The maximum absolute atomic E-state index is 11.8. The number of phenolic OH excluding ortho intramolecular Hbond substituents is 1. The molecule has 2 aromatic rings. The van der Waals surface area contributed by atoms with Crippen LogP contribution in [0.15, 0.2) is 30.6 Å². The van der Waals surface area contributed by atoms with Crippen LogP contribution in [0.2, 0.25) is 0 Å². The van der Waals surface area contributed by atoms with Crippen LogP contribution in [0, 0.1) is 10.1 Å². The van der Waals surface area contributed by atoms with Crippen molar-refractivity contribution in [3.8, 4) is 5.75 Å². The second-order valence-electron chi connectivity index (χ2n) is 3.35. The number of rotatable bonds is 3. The largest absolute Gasteiger partial charge is 0.508 e. The van der Waals surface area contributed by atoms with Gasteiger partial charge >= 0.3 is 0 Å². The van der Waals surface area contributed by atoms with Crippen LogP contribution in [0.4, 0.5) is 11.6 Å². The van der Waals surface area contributed by atoms with E-state index in [4.69, 9.17) is 0 Å². The average Bonchev–Trinajstić information content (AvgIpc) is 2.81. The number of nitro benzene ring substituents is 1.